The Morgan fingerprint density at radius 2 is 0.565 bits per heavy atom. The molecule has 0 radical (unpaired) electrons. The van der Waals surface area contributed by atoms with Crippen molar-refractivity contribution in [3.63, 3.8) is 0 Å². The molecule has 0 spiro atoms. The lowest BCUT2D eigenvalue weighted by atomic mass is 9.97. The van der Waals surface area contributed by atoms with Crippen molar-refractivity contribution >= 4 is 60.7 Å². The van der Waals surface area contributed by atoms with Crippen LogP contribution in [0.2, 0.25) is 0 Å². The molecule has 0 aliphatic carbocycles. The third-order valence-electron chi connectivity index (χ3n) is 13.7. The van der Waals surface area contributed by atoms with Gasteiger partial charge in [-0.15, -0.1) is 0 Å². The van der Waals surface area contributed by atoms with E-state index >= 15 is 0 Å². The molecule has 0 fully saturated rings. The molecule has 0 saturated heterocycles. The molecule has 0 amide bonds. The average molecular weight is 880 g/mol. The van der Waals surface area contributed by atoms with Gasteiger partial charge in [0, 0.05) is 50.0 Å². The van der Waals surface area contributed by atoms with Crippen LogP contribution in [0.3, 0.4) is 0 Å². The summed E-state index contributed by atoms with van der Waals surface area (Å²) in [6.45, 7) is 0. The summed E-state index contributed by atoms with van der Waals surface area (Å²) in [6, 6.07) is 99.0. The predicted molar refractivity (Wildman–Crippen MR) is 292 cm³/mol. The number of nitrogens with zero attached hydrogens (tertiary/aromatic N) is 3. The molecule has 2 aromatic heterocycles. The van der Waals surface area contributed by atoms with Crippen LogP contribution in [0.15, 0.2) is 273 Å². The molecule has 0 saturated carbocycles. The summed E-state index contributed by atoms with van der Waals surface area (Å²) in [6.07, 6.45) is 0. The average Bonchev–Trinajstić information content (AvgIpc) is 3.94. The van der Waals surface area contributed by atoms with Gasteiger partial charge in [0.25, 0.3) is 0 Å². The number of aromatic nitrogens is 2. The van der Waals surface area contributed by atoms with Crippen LogP contribution in [0.1, 0.15) is 0 Å². The number of anilines is 3. The molecule has 0 atom stereocenters. The molecule has 0 bridgehead atoms. The predicted octanol–water partition coefficient (Wildman–Crippen LogP) is 18.0. The van der Waals surface area contributed by atoms with Crippen molar-refractivity contribution in [1.82, 2.24) is 9.13 Å². The van der Waals surface area contributed by atoms with Crippen LogP contribution in [0.5, 0.6) is 0 Å². The molecule has 13 rings (SSSR count). The largest absolute Gasteiger partial charge is 0.311 e. The van der Waals surface area contributed by atoms with Gasteiger partial charge < -0.3 is 14.0 Å². The van der Waals surface area contributed by atoms with E-state index in [1.54, 1.807) is 0 Å². The maximum Gasteiger partial charge on any atom is 0.0547 e. The number of para-hydroxylation sites is 3. The summed E-state index contributed by atoms with van der Waals surface area (Å²) in [5.41, 5.74) is 19.9. The van der Waals surface area contributed by atoms with Crippen LogP contribution >= 0.6 is 0 Å². The molecule has 0 aliphatic rings. The lowest BCUT2D eigenvalue weighted by molar-refractivity contribution is 1.17. The van der Waals surface area contributed by atoms with Gasteiger partial charge in [-0.25, -0.2) is 0 Å². The van der Waals surface area contributed by atoms with E-state index in [9.17, 15) is 0 Å². The van der Waals surface area contributed by atoms with E-state index in [4.69, 9.17) is 0 Å². The van der Waals surface area contributed by atoms with Crippen molar-refractivity contribution < 1.29 is 0 Å². The molecule has 69 heavy (non-hydrogen) atoms. The molecule has 0 N–H and O–H groups in total. The minimum atomic E-state index is 1.09. The zero-order chi connectivity index (χ0) is 45.7. The Kier molecular flexibility index (Phi) is 9.84. The Hall–Kier alpha value is -9.18. The van der Waals surface area contributed by atoms with E-state index in [-0.39, 0.29) is 0 Å². The zero-order valence-corrected chi connectivity index (χ0v) is 37.8. The Bertz CT molecular complexity index is 3910. The standard InChI is InChI=1S/C66H45N3/c1-4-15-46(16-5-1)48-27-33-55(34-28-48)67(57-37-39-58(40-38-57)68-63-25-12-10-23-59(63)60-24-11-13-26-64(60)68)56-35-29-49(30-36-56)50-19-14-20-51(43-50)52-32-42-65-62(44-52)61-41-31-53(47-17-6-2-7-18-47)45-66(61)69(65)54-21-8-3-9-22-54/h1-45H. The van der Waals surface area contributed by atoms with Crippen molar-refractivity contribution in [2.45, 2.75) is 0 Å². The number of hydrogen-bond donors (Lipinski definition) is 0. The molecule has 11 aromatic carbocycles. The van der Waals surface area contributed by atoms with Gasteiger partial charge in [0.2, 0.25) is 0 Å². The number of fused-ring (bicyclic) bond motifs is 6. The fourth-order valence-electron chi connectivity index (χ4n) is 10.4. The summed E-state index contributed by atoms with van der Waals surface area (Å²) in [7, 11) is 0. The van der Waals surface area contributed by atoms with Gasteiger partial charge >= 0.3 is 0 Å². The highest BCUT2D eigenvalue weighted by atomic mass is 15.1. The van der Waals surface area contributed by atoms with Gasteiger partial charge in [-0.05, 0) is 142 Å². The van der Waals surface area contributed by atoms with Crippen molar-refractivity contribution in [3.8, 4) is 55.9 Å². The number of rotatable bonds is 9. The first-order chi connectivity index (χ1) is 34.2. The molecule has 3 heteroatoms. The first-order valence-corrected chi connectivity index (χ1v) is 23.7. The lowest BCUT2D eigenvalue weighted by Gasteiger charge is -2.26. The third-order valence-corrected chi connectivity index (χ3v) is 13.7. The zero-order valence-electron chi connectivity index (χ0n) is 37.8. The van der Waals surface area contributed by atoms with Crippen molar-refractivity contribution in [2.75, 3.05) is 4.90 Å². The molecule has 13 aromatic rings. The fraction of sp³-hybridized carbons (Fsp3) is 0. The highest BCUT2D eigenvalue weighted by Gasteiger charge is 2.18. The first kappa shape index (κ1) is 40.1. The normalized spacial score (nSPS) is 11.5. The molecule has 324 valence electrons. The van der Waals surface area contributed by atoms with Crippen molar-refractivity contribution in [1.29, 1.82) is 0 Å². The molecular weight excluding hydrogens is 835 g/mol. The van der Waals surface area contributed by atoms with E-state index < -0.39 is 0 Å². The molecule has 0 unspecified atom stereocenters. The van der Waals surface area contributed by atoms with Crippen molar-refractivity contribution in [3.05, 3.63) is 273 Å². The highest BCUT2D eigenvalue weighted by Crippen LogP contribution is 2.41. The van der Waals surface area contributed by atoms with Gasteiger partial charge in [0.15, 0.2) is 0 Å². The van der Waals surface area contributed by atoms with E-state index in [0.29, 0.717) is 0 Å². The monoisotopic (exact) mass is 879 g/mol. The summed E-state index contributed by atoms with van der Waals surface area (Å²) < 4.78 is 4.78. The fourth-order valence-corrected chi connectivity index (χ4v) is 10.4. The van der Waals surface area contributed by atoms with Crippen LogP contribution in [0, 0.1) is 0 Å². The van der Waals surface area contributed by atoms with Crippen LogP contribution in [-0.2, 0) is 0 Å². The number of benzene rings is 11. The topological polar surface area (TPSA) is 13.1 Å². The van der Waals surface area contributed by atoms with Gasteiger partial charge in [0.05, 0.1) is 22.1 Å². The summed E-state index contributed by atoms with van der Waals surface area (Å²) >= 11 is 0. The van der Waals surface area contributed by atoms with Gasteiger partial charge in [-0.1, -0.05) is 176 Å². The van der Waals surface area contributed by atoms with E-state index in [1.165, 1.54) is 82.6 Å². The van der Waals surface area contributed by atoms with Crippen molar-refractivity contribution in [2.24, 2.45) is 0 Å². The Morgan fingerprint density at radius 3 is 1.17 bits per heavy atom. The van der Waals surface area contributed by atoms with E-state index in [1.807, 2.05) is 0 Å². The smallest absolute Gasteiger partial charge is 0.0547 e. The summed E-state index contributed by atoms with van der Waals surface area (Å²) in [5, 5.41) is 4.99. The summed E-state index contributed by atoms with van der Waals surface area (Å²) in [4.78, 5) is 2.36. The molecule has 0 aliphatic heterocycles. The second-order valence-electron chi connectivity index (χ2n) is 17.8. The summed E-state index contributed by atoms with van der Waals surface area (Å²) in [5.74, 6) is 0. The first-order valence-electron chi connectivity index (χ1n) is 23.7. The van der Waals surface area contributed by atoms with Crippen LogP contribution in [-0.4, -0.2) is 9.13 Å². The minimum Gasteiger partial charge on any atom is -0.311 e. The van der Waals surface area contributed by atoms with Crippen LogP contribution in [0.25, 0.3) is 99.5 Å². The number of hydrogen-bond acceptors (Lipinski definition) is 1. The lowest BCUT2D eigenvalue weighted by Crippen LogP contribution is -2.10. The second kappa shape index (κ2) is 16.9. The third kappa shape index (κ3) is 7.16. The molecule has 2 heterocycles. The minimum absolute atomic E-state index is 1.09. The van der Waals surface area contributed by atoms with E-state index in [2.05, 4.69) is 287 Å². The Labute approximate surface area is 401 Å². The SMILES string of the molecule is c1ccc(-c2ccc(N(c3ccc(-c4cccc(-c5ccc6c(c5)c5ccc(-c7ccccc7)cc5n6-c5ccccc5)c4)cc3)c3ccc(-n4c5ccccc5c5ccccc54)cc3)cc2)cc1. The maximum absolute atomic E-state index is 2.40. The Morgan fingerprint density at radius 1 is 0.203 bits per heavy atom. The van der Waals surface area contributed by atoms with Gasteiger partial charge in [-0.3, -0.25) is 0 Å². The van der Waals surface area contributed by atoms with E-state index in [0.717, 1.165) is 34.0 Å². The van der Waals surface area contributed by atoms with Crippen LogP contribution in [0.4, 0.5) is 17.1 Å². The molecule has 3 nitrogen and oxygen atoms in total. The Balaban J connectivity index is 0.860. The maximum atomic E-state index is 2.40. The quantitative estimate of drug-likeness (QED) is 0.141. The molecular formula is C66H45N3. The van der Waals surface area contributed by atoms with Gasteiger partial charge in [-0.2, -0.15) is 0 Å². The highest BCUT2D eigenvalue weighted by molar-refractivity contribution is 6.12. The second-order valence-corrected chi connectivity index (χ2v) is 17.8. The van der Waals surface area contributed by atoms with Gasteiger partial charge in [0.1, 0.15) is 0 Å². The van der Waals surface area contributed by atoms with Crippen LogP contribution < -0.4 is 4.90 Å².